The van der Waals surface area contributed by atoms with Crippen LogP contribution in [0.2, 0.25) is 5.02 Å². The molecule has 0 N–H and O–H groups in total. The van der Waals surface area contributed by atoms with E-state index in [1.807, 2.05) is 12.1 Å². The molecule has 5 heteroatoms. The molecule has 0 aliphatic carbocycles. The van der Waals surface area contributed by atoms with E-state index in [1.165, 1.54) is 21.2 Å². The second kappa shape index (κ2) is 6.03. The minimum absolute atomic E-state index is 0.00453. The van der Waals surface area contributed by atoms with Crippen molar-refractivity contribution in [3.05, 3.63) is 39.2 Å². The third kappa shape index (κ3) is 2.78. The number of hydrogen-bond acceptors (Lipinski definition) is 3. The highest BCUT2D eigenvalue weighted by Gasteiger charge is 2.21. The summed E-state index contributed by atoms with van der Waals surface area (Å²) >= 11 is 8.15. The van der Waals surface area contributed by atoms with Gasteiger partial charge in [-0.15, -0.1) is 11.3 Å². The predicted molar refractivity (Wildman–Crippen MR) is 94.6 cm³/mol. The summed E-state index contributed by atoms with van der Waals surface area (Å²) in [6.07, 6.45) is 4.56. The minimum Gasteiger partial charge on any atom is -0.345 e. The molecule has 1 aliphatic heterocycles. The smallest absolute Gasteiger partial charge is 0.246 e. The van der Waals surface area contributed by atoms with Gasteiger partial charge in [0.15, 0.2) is 0 Å². The number of likely N-dealkylation sites (N-methyl/N-ethyl adjacent to an activating group) is 2. The van der Waals surface area contributed by atoms with Gasteiger partial charge in [0.1, 0.15) is 0 Å². The van der Waals surface area contributed by atoms with E-state index in [0.717, 1.165) is 29.4 Å². The first-order valence-electron chi connectivity index (χ1n) is 7.28. The maximum absolute atomic E-state index is 11.8. The lowest BCUT2D eigenvalue weighted by molar-refractivity contribution is -0.123. The summed E-state index contributed by atoms with van der Waals surface area (Å²) < 4.78 is 1.25. The van der Waals surface area contributed by atoms with Crippen molar-refractivity contribution in [2.45, 2.75) is 13.0 Å². The van der Waals surface area contributed by atoms with Crippen molar-refractivity contribution in [3.8, 4) is 0 Å². The quantitative estimate of drug-likeness (QED) is 0.783. The molecule has 2 aromatic rings. The van der Waals surface area contributed by atoms with Crippen LogP contribution in [0.4, 0.5) is 0 Å². The van der Waals surface area contributed by atoms with E-state index in [2.05, 4.69) is 18.0 Å². The fraction of sp³-hybridized carbons (Fsp3) is 0.353. The molecule has 1 aromatic carbocycles. The number of benzene rings is 1. The first-order valence-corrected chi connectivity index (χ1v) is 8.47. The molecule has 0 atom stereocenters. The number of halogens is 1. The van der Waals surface area contributed by atoms with Gasteiger partial charge in [0.05, 0.1) is 0 Å². The molecule has 0 radical (unpaired) electrons. The van der Waals surface area contributed by atoms with E-state index in [-0.39, 0.29) is 5.91 Å². The van der Waals surface area contributed by atoms with Gasteiger partial charge in [-0.2, -0.15) is 0 Å². The van der Waals surface area contributed by atoms with Crippen molar-refractivity contribution >= 4 is 45.0 Å². The summed E-state index contributed by atoms with van der Waals surface area (Å²) in [5.74, 6) is 0.00453. The van der Waals surface area contributed by atoms with Crippen LogP contribution in [0.15, 0.2) is 18.2 Å². The number of hydrogen-bond donors (Lipinski definition) is 0. The van der Waals surface area contributed by atoms with E-state index >= 15 is 0 Å². The SMILES string of the molecule is CN1CCc2c(Cl)ccc3sc(C=CC(=O)N(C)C)c(c23)C1. The Morgan fingerprint density at radius 3 is 2.86 bits per heavy atom. The molecule has 0 saturated heterocycles. The van der Waals surface area contributed by atoms with Gasteiger partial charge in [-0.25, -0.2) is 0 Å². The fourth-order valence-electron chi connectivity index (χ4n) is 2.80. The summed E-state index contributed by atoms with van der Waals surface area (Å²) in [4.78, 5) is 16.9. The number of rotatable bonds is 2. The second-order valence-electron chi connectivity index (χ2n) is 5.90. The summed E-state index contributed by atoms with van der Waals surface area (Å²) in [6.45, 7) is 1.89. The van der Waals surface area contributed by atoms with Crippen molar-refractivity contribution in [3.63, 3.8) is 0 Å². The van der Waals surface area contributed by atoms with E-state index in [4.69, 9.17) is 11.6 Å². The van der Waals surface area contributed by atoms with Gasteiger partial charge in [0.2, 0.25) is 5.91 Å². The monoisotopic (exact) mass is 334 g/mol. The molecule has 3 rings (SSSR count). The Kier molecular flexibility index (Phi) is 4.26. The molecule has 22 heavy (non-hydrogen) atoms. The van der Waals surface area contributed by atoms with Crippen LogP contribution in [0, 0.1) is 0 Å². The van der Waals surface area contributed by atoms with Crippen LogP contribution in [-0.2, 0) is 17.8 Å². The van der Waals surface area contributed by atoms with Gasteiger partial charge in [-0.05, 0) is 42.8 Å². The largest absolute Gasteiger partial charge is 0.345 e. The first-order chi connectivity index (χ1) is 10.5. The molecule has 0 spiro atoms. The van der Waals surface area contributed by atoms with E-state index in [1.54, 1.807) is 36.4 Å². The third-order valence-electron chi connectivity index (χ3n) is 4.03. The molecule has 116 valence electrons. The normalized spacial score (nSPS) is 15.5. The van der Waals surface area contributed by atoms with Crippen molar-refractivity contribution in [1.29, 1.82) is 0 Å². The minimum atomic E-state index is 0.00453. The van der Waals surface area contributed by atoms with Crippen LogP contribution in [0.1, 0.15) is 16.0 Å². The Bertz CT molecular complexity index is 764. The van der Waals surface area contributed by atoms with Gasteiger partial charge in [-0.1, -0.05) is 11.6 Å². The van der Waals surface area contributed by atoms with Gasteiger partial charge < -0.3 is 9.80 Å². The molecule has 0 saturated carbocycles. The highest BCUT2D eigenvalue weighted by Crippen LogP contribution is 2.39. The Morgan fingerprint density at radius 2 is 2.14 bits per heavy atom. The van der Waals surface area contributed by atoms with Crippen LogP contribution >= 0.6 is 22.9 Å². The van der Waals surface area contributed by atoms with Gasteiger partial charge in [0.25, 0.3) is 0 Å². The van der Waals surface area contributed by atoms with Crippen molar-refractivity contribution in [2.24, 2.45) is 0 Å². The Labute approximate surface area is 139 Å². The lowest BCUT2D eigenvalue weighted by Crippen LogP contribution is -2.19. The fourth-order valence-corrected chi connectivity index (χ4v) is 4.20. The van der Waals surface area contributed by atoms with E-state index in [9.17, 15) is 4.79 Å². The molecule has 1 aliphatic rings. The summed E-state index contributed by atoms with van der Waals surface area (Å²) in [7, 11) is 5.65. The summed E-state index contributed by atoms with van der Waals surface area (Å²) in [6, 6.07) is 4.08. The van der Waals surface area contributed by atoms with Crippen LogP contribution in [-0.4, -0.2) is 43.4 Å². The van der Waals surface area contributed by atoms with Crippen molar-refractivity contribution in [1.82, 2.24) is 9.80 Å². The molecule has 2 heterocycles. The molecule has 3 nitrogen and oxygen atoms in total. The zero-order valence-corrected chi connectivity index (χ0v) is 14.6. The number of carbonyl (C=O) groups excluding carboxylic acids is 1. The van der Waals surface area contributed by atoms with Gasteiger partial charge in [0, 0.05) is 53.2 Å². The topological polar surface area (TPSA) is 23.6 Å². The Hall–Kier alpha value is -1.36. The average molecular weight is 335 g/mol. The maximum atomic E-state index is 11.8. The van der Waals surface area contributed by atoms with E-state index in [0.29, 0.717) is 0 Å². The molecule has 1 aromatic heterocycles. The highest BCUT2D eigenvalue weighted by atomic mass is 35.5. The lowest BCUT2D eigenvalue weighted by Gasteiger charge is -2.13. The number of nitrogens with zero attached hydrogens (tertiary/aromatic N) is 2. The average Bonchev–Trinajstić information content (AvgIpc) is 2.70. The van der Waals surface area contributed by atoms with Crippen molar-refractivity contribution < 1.29 is 4.79 Å². The van der Waals surface area contributed by atoms with Crippen LogP contribution in [0.5, 0.6) is 0 Å². The predicted octanol–water partition coefficient (Wildman–Crippen LogP) is 3.64. The zero-order valence-electron chi connectivity index (χ0n) is 13.0. The molecule has 0 unspecified atom stereocenters. The first kappa shape index (κ1) is 15.5. The number of carbonyl (C=O) groups is 1. The molecular formula is C17H19ClN2OS. The highest BCUT2D eigenvalue weighted by molar-refractivity contribution is 7.20. The van der Waals surface area contributed by atoms with Crippen molar-refractivity contribution in [2.75, 3.05) is 27.7 Å². The molecule has 0 bridgehead atoms. The summed E-state index contributed by atoms with van der Waals surface area (Å²) in [5, 5.41) is 2.14. The van der Waals surface area contributed by atoms with Crippen LogP contribution < -0.4 is 0 Å². The zero-order chi connectivity index (χ0) is 15.9. The van der Waals surface area contributed by atoms with Crippen LogP contribution in [0.25, 0.3) is 16.2 Å². The molecule has 0 fully saturated rings. The second-order valence-corrected chi connectivity index (χ2v) is 7.39. The molecule has 1 amide bonds. The number of amides is 1. The molecular weight excluding hydrogens is 316 g/mol. The van der Waals surface area contributed by atoms with Gasteiger partial charge >= 0.3 is 0 Å². The third-order valence-corrected chi connectivity index (χ3v) is 5.54. The number of thiophene rings is 1. The van der Waals surface area contributed by atoms with E-state index < -0.39 is 0 Å². The Morgan fingerprint density at radius 1 is 1.36 bits per heavy atom. The maximum Gasteiger partial charge on any atom is 0.246 e. The Balaban J connectivity index is 2.14. The lowest BCUT2D eigenvalue weighted by atomic mass is 10.0. The standard InChI is InChI=1S/C17H19ClN2OS/c1-19(2)16(21)7-6-14-12-10-20(3)9-8-11-13(18)4-5-15(22-14)17(11)12/h4-7H,8-10H2,1-3H3. The van der Waals surface area contributed by atoms with Crippen LogP contribution in [0.3, 0.4) is 0 Å². The van der Waals surface area contributed by atoms with Gasteiger partial charge in [-0.3, -0.25) is 4.79 Å². The summed E-state index contributed by atoms with van der Waals surface area (Å²) in [5.41, 5.74) is 2.54.